The Hall–Kier alpha value is -1.72. The summed E-state index contributed by atoms with van der Waals surface area (Å²) in [7, 11) is 0. The molecule has 1 aromatic carbocycles. The predicted octanol–water partition coefficient (Wildman–Crippen LogP) is 1.84. The summed E-state index contributed by atoms with van der Waals surface area (Å²) >= 11 is 0. The molecule has 1 aliphatic heterocycles. The first-order valence-electron chi connectivity index (χ1n) is 7.53. The molecular formula is C16H22N4O. The second-order valence-corrected chi connectivity index (χ2v) is 5.93. The SMILES string of the molecule is CC1CN(Cc2nc(Cc3ccccc3)no2)CC(C)N1. The lowest BCUT2D eigenvalue weighted by Gasteiger charge is -2.35. The lowest BCUT2D eigenvalue weighted by Crippen LogP contribution is -2.53. The summed E-state index contributed by atoms with van der Waals surface area (Å²) < 4.78 is 5.39. The molecule has 2 atom stereocenters. The smallest absolute Gasteiger partial charge is 0.240 e. The van der Waals surface area contributed by atoms with Gasteiger partial charge in [-0.1, -0.05) is 35.5 Å². The summed E-state index contributed by atoms with van der Waals surface area (Å²) in [5.74, 6) is 1.47. The fraction of sp³-hybridized carbons (Fsp3) is 0.500. The van der Waals surface area contributed by atoms with E-state index in [9.17, 15) is 0 Å². The van der Waals surface area contributed by atoms with Crippen molar-refractivity contribution in [3.8, 4) is 0 Å². The van der Waals surface area contributed by atoms with Crippen LogP contribution in [0.15, 0.2) is 34.9 Å². The van der Waals surface area contributed by atoms with Crippen LogP contribution < -0.4 is 5.32 Å². The topological polar surface area (TPSA) is 54.2 Å². The Balaban J connectivity index is 1.60. The van der Waals surface area contributed by atoms with Gasteiger partial charge in [-0.2, -0.15) is 4.98 Å². The summed E-state index contributed by atoms with van der Waals surface area (Å²) in [5.41, 5.74) is 1.20. The van der Waals surface area contributed by atoms with Crippen molar-refractivity contribution in [3.05, 3.63) is 47.6 Å². The number of hydrogen-bond donors (Lipinski definition) is 1. The van der Waals surface area contributed by atoms with Crippen molar-refractivity contribution in [2.24, 2.45) is 0 Å². The van der Waals surface area contributed by atoms with E-state index in [4.69, 9.17) is 4.52 Å². The second-order valence-electron chi connectivity index (χ2n) is 5.93. The summed E-state index contributed by atoms with van der Waals surface area (Å²) in [6.07, 6.45) is 0.721. The Kier molecular flexibility index (Phi) is 4.31. The molecule has 2 unspecified atom stereocenters. The van der Waals surface area contributed by atoms with Crippen molar-refractivity contribution < 1.29 is 4.52 Å². The molecule has 1 fully saturated rings. The van der Waals surface area contributed by atoms with Gasteiger partial charge in [0.15, 0.2) is 5.82 Å². The Labute approximate surface area is 125 Å². The quantitative estimate of drug-likeness (QED) is 0.929. The zero-order chi connectivity index (χ0) is 14.7. The molecule has 0 bridgehead atoms. The Morgan fingerprint density at radius 3 is 2.62 bits per heavy atom. The Morgan fingerprint density at radius 2 is 1.90 bits per heavy atom. The van der Waals surface area contributed by atoms with Gasteiger partial charge in [0.1, 0.15) is 0 Å². The minimum Gasteiger partial charge on any atom is -0.338 e. The number of benzene rings is 1. The highest BCUT2D eigenvalue weighted by molar-refractivity contribution is 5.18. The van der Waals surface area contributed by atoms with Gasteiger partial charge < -0.3 is 9.84 Å². The van der Waals surface area contributed by atoms with E-state index in [-0.39, 0.29) is 0 Å². The number of aromatic nitrogens is 2. The third kappa shape index (κ3) is 3.89. The number of nitrogens with zero attached hydrogens (tertiary/aromatic N) is 3. The van der Waals surface area contributed by atoms with E-state index in [1.165, 1.54) is 5.56 Å². The molecule has 0 radical (unpaired) electrons. The zero-order valence-corrected chi connectivity index (χ0v) is 12.6. The molecule has 0 amide bonds. The Morgan fingerprint density at radius 1 is 1.19 bits per heavy atom. The largest absolute Gasteiger partial charge is 0.338 e. The van der Waals surface area contributed by atoms with Crippen molar-refractivity contribution in [1.82, 2.24) is 20.4 Å². The molecule has 0 saturated carbocycles. The van der Waals surface area contributed by atoms with E-state index in [2.05, 4.69) is 46.3 Å². The number of piperazine rings is 1. The zero-order valence-electron chi connectivity index (χ0n) is 12.6. The number of rotatable bonds is 4. The van der Waals surface area contributed by atoms with Gasteiger partial charge in [0.2, 0.25) is 5.89 Å². The molecule has 1 aliphatic rings. The van der Waals surface area contributed by atoms with Crippen LogP contribution in [0.1, 0.15) is 31.1 Å². The first kappa shape index (κ1) is 14.2. The van der Waals surface area contributed by atoms with E-state index >= 15 is 0 Å². The van der Waals surface area contributed by atoms with Crippen LogP contribution in [0.4, 0.5) is 0 Å². The maximum absolute atomic E-state index is 5.39. The van der Waals surface area contributed by atoms with Crippen LogP contribution in [0.3, 0.4) is 0 Å². The van der Waals surface area contributed by atoms with Crippen molar-refractivity contribution in [1.29, 1.82) is 0 Å². The fourth-order valence-corrected chi connectivity index (χ4v) is 2.97. The van der Waals surface area contributed by atoms with Crippen LogP contribution in [0.25, 0.3) is 0 Å². The highest BCUT2D eigenvalue weighted by Crippen LogP contribution is 2.11. The normalized spacial score (nSPS) is 23.3. The van der Waals surface area contributed by atoms with Crippen molar-refractivity contribution in [2.75, 3.05) is 13.1 Å². The van der Waals surface area contributed by atoms with E-state index in [0.29, 0.717) is 18.0 Å². The molecule has 21 heavy (non-hydrogen) atoms. The lowest BCUT2D eigenvalue weighted by atomic mass is 10.1. The molecule has 0 spiro atoms. The average molecular weight is 286 g/mol. The molecule has 0 aliphatic carbocycles. The summed E-state index contributed by atoms with van der Waals surface area (Å²) in [4.78, 5) is 6.88. The van der Waals surface area contributed by atoms with Crippen LogP contribution in [-0.2, 0) is 13.0 Å². The second kappa shape index (κ2) is 6.37. The van der Waals surface area contributed by atoms with Crippen LogP contribution in [0, 0.1) is 0 Å². The number of hydrogen-bond acceptors (Lipinski definition) is 5. The van der Waals surface area contributed by atoms with Gasteiger partial charge >= 0.3 is 0 Å². The molecule has 5 heteroatoms. The van der Waals surface area contributed by atoms with E-state index < -0.39 is 0 Å². The predicted molar refractivity (Wildman–Crippen MR) is 80.9 cm³/mol. The van der Waals surface area contributed by atoms with Gasteiger partial charge in [0.25, 0.3) is 0 Å². The van der Waals surface area contributed by atoms with Gasteiger partial charge in [-0.05, 0) is 19.4 Å². The summed E-state index contributed by atoms with van der Waals surface area (Å²) in [6.45, 7) is 7.17. The number of nitrogens with one attached hydrogen (secondary N) is 1. The van der Waals surface area contributed by atoms with E-state index in [1.54, 1.807) is 0 Å². The minimum absolute atomic E-state index is 0.500. The minimum atomic E-state index is 0.500. The third-order valence-electron chi connectivity index (χ3n) is 3.71. The van der Waals surface area contributed by atoms with Crippen LogP contribution >= 0.6 is 0 Å². The van der Waals surface area contributed by atoms with Gasteiger partial charge in [0, 0.05) is 31.6 Å². The van der Waals surface area contributed by atoms with Crippen molar-refractivity contribution in [2.45, 2.75) is 38.9 Å². The van der Waals surface area contributed by atoms with Gasteiger partial charge in [-0.25, -0.2) is 0 Å². The first-order chi connectivity index (χ1) is 10.2. The molecule has 112 valence electrons. The van der Waals surface area contributed by atoms with E-state index in [1.807, 2.05) is 18.2 Å². The molecular weight excluding hydrogens is 264 g/mol. The van der Waals surface area contributed by atoms with Gasteiger partial charge in [0.05, 0.1) is 6.54 Å². The molecule has 2 aromatic rings. The fourth-order valence-electron chi connectivity index (χ4n) is 2.97. The van der Waals surface area contributed by atoms with Crippen LogP contribution in [0.5, 0.6) is 0 Å². The lowest BCUT2D eigenvalue weighted by molar-refractivity contribution is 0.149. The molecule has 2 heterocycles. The summed E-state index contributed by atoms with van der Waals surface area (Å²) in [6, 6.07) is 11.2. The molecule has 3 rings (SSSR count). The molecule has 1 saturated heterocycles. The maximum atomic E-state index is 5.39. The van der Waals surface area contributed by atoms with Crippen molar-refractivity contribution in [3.63, 3.8) is 0 Å². The summed E-state index contributed by atoms with van der Waals surface area (Å²) in [5, 5.41) is 7.61. The Bertz CT molecular complexity index is 559. The standard InChI is InChI=1S/C16H22N4O/c1-12-9-20(10-13(2)17-12)11-16-18-15(19-21-16)8-14-6-4-3-5-7-14/h3-7,12-13,17H,8-11H2,1-2H3. The average Bonchev–Trinajstić information content (AvgIpc) is 2.86. The monoisotopic (exact) mass is 286 g/mol. The van der Waals surface area contributed by atoms with E-state index in [0.717, 1.165) is 31.9 Å². The van der Waals surface area contributed by atoms with Crippen molar-refractivity contribution >= 4 is 0 Å². The highest BCUT2D eigenvalue weighted by Gasteiger charge is 2.22. The van der Waals surface area contributed by atoms with Gasteiger partial charge in [-0.3, -0.25) is 4.90 Å². The van der Waals surface area contributed by atoms with Crippen LogP contribution in [-0.4, -0.2) is 40.2 Å². The van der Waals surface area contributed by atoms with Gasteiger partial charge in [-0.15, -0.1) is 0 Å². The third-order valence-corrected chi connectivity index (χ3v) is 3.71. The highest BCUT2D eigenvalue weighted by atomic mass is 16.5. The first-order valence-corrected chi connectivity index (χ1v) is 7.53. The maximum Gasteiger partial charge on any atom is 0.240 e. The molecule has 1 N–H and O–H groups in total. The molecule has 5 nitrogen and oxygen atoms in total. The molecule has 1 aromatic heterocycles. The van der Waals surface area contributed by atoms with Crippen LogP contribution in [0.2, 0.25) is 0 Å².